The molecule has 0 aliphatic heterocycles. The molecule has 0 bridgehead atoms. The Kier molecular flexibility index (Phi) is 6.20. The fourth-order valence-corrected chi connectivity index (χ4v) is 2.59. The summed E-state index contributed by atoms with van der Waals surface area (Å²) in [7, 11) is 1.40. The molecule has 0 saturated heterocycles. The number of aromatic nitrogens is 1. The molecule has 0 unspecified atom stereocenters. The van der Waals surface area contributed by atoms with Crippen molar-refractivity contribution in [1.82, 2.24) is 4.98 Å². The van der Waals surface area contributed by atoms with Gasteiger partial charge in [-0.3, -0.25) is 4.79 Å². The van der Waals surface area contributed by atoms with Crippen LogP contribution < -0.4 is 4.90 Å². The zero-order valence-electron chi connectivity index (χ0n) is 13.4. The van der Waals surface area contributed by atoms with E-state index in [2.05, 4.69) is 16.3 Å². The topological polar surface area (TPSA) is 51.7 Å². The largest absolute Gasteiger partial charge is 0.487 e. The molecule has 0 aliphatic rings. The smallest absolute Gasteiger partial charge is 0.307 e. The third-order valence-corrected chi connectivity index (χ3v) is 3.76. The summed E-state index contributed by atoms with van der Waals surface area (Å²) in [6.07, 6.45) is 2.10. The molecule has 1 heterocycles. The lowest BCUT2D eigenvalue weighted by molar-refractivity contribution is -0.140. The van der Waals surface area contributed by atoms with E-state index in [0.29, 0.717) is 18.7 Å². The normalized spacial score (nSPS) is 11.1. The fraction of sp³-hybridized carbons (Fsp3) is 0.600. The predicted octanol–water partition coefficient (Wildman–Crippen LogP) is 3.32. The number of nitrogens with zero attached hydrogens (tertiary/aromatic N) is 2. The number of esters is 1. The van der Waals surface area contributed by atoms with Crippen LogP contribution in [-0.2, 0) is 14.3 Å². The molecular weight excluding hydrogens is 288 g/mol. The predicted molar refractivity (Wildman–Crippen MR) is 86.5 cm³/mol. The molecule has 1 aromatic rings. The SMILES string of the molecule is C=C(OC(C)(C)C)c1cnc(N(CC)CCC(=O)OC)s1. The summed E-state index contributed by atoms with van der Waals surface area (Å²) >= 11 is 1.51. The van der Waals surface area contributed by atoms with Gasteiger partial charge in [0.25, 0.3) is 0 Å². The second kappa shape index (κ2) is 7.45. The standard InChI is InChI=1S/C15H24N2O3S/c1-7-17(9-8-13(18)19-6)14-16-10-12(21-14)11(2)20-15(3,4)5/h10H,2,7-9H2,1,3-6H3. The third kappa shape index (κ3) is 5.75. The van der Waals surface area contributed by atoms with Crippen molar-refractivity contribution in [2.75, 3.05) is 25.1 Å². The molecule has 6 heteroatoms. The second-order valence-electron chi connectivity index (χ2n) is 5.55. The number of anilines is 1. The first kappa shape index (κ1) is 17.5. The first-order valence-electron chi connectivity index (χ1n) is 6.92. The van der Waals surface area contributed by atoms with Crippen molar-refractivity contribution < 1.29 is 14.3 Å². The summed E-state index contributed by atoms with van der Waals surface area (Å²) in [6.45, 7) is 13.3. The van der Waals surface area contributed by atoms with Crippen molar-refractivity contribution >= 4 is 28.2 Å². The molecule has 0 saturated carbocycles. The van der Waals surface area contributed by atoms with Gasteiger partial charge in [-0.15, -0.1) is 0 Å². The molecule has 0 amide bonds. The van der Waals surface area contributed by atoms with Crippen LogP contribution in [0, 0.1) is 0 Å². The minimum absolute atomic E-state index is 0.217. The average Bonchev–Trinajstić information content (AvgIpc) is 2.87. The average molecular weight is 312 g/mol. The fourth-order valence-electron chi connectivity index (χ4n) is 1.68. The van der Waals surface area contributed by atoms with E-state index >= 15 is 0 Å². The van der Waals surface area contributed by atoms with Crippen LogP contribution in [0.3, 0.4) is 0 Å². The van der Waals surface area contributed by atoms with Crippen LogP contribution in [0.15, 0.2) is 12.8 Å². The Morgan fingerprint density at radius 2 is 2.14 bits per heavy atom. The van der Waals surface area contributed by atoms with Crippen LogP contribution in [0.5, 0.6) is 0 Å². The molecule has 0 atom stereocenters. The van der Waals surface area contributed by atoms with Crippen LogP contribution in [0.25, 0.3) is 5.76 Å². The minimum atomic E-state index is -0.281. The molecule has 21 heavy (non-hydrogen) atoms. The van der Waals surface area contributed by atoms with Crippen LogP contribution in [0.2, 0.25) is 0 Å². The lowest BCUT2D eigenvalue weighted by Crippen LogP contribution is -2.25. The lowest BCUT2D eigenvalue weighted by atomic mass is 10.2. The van der Waals surface area contributed by atoms with Crippen molar-refractivity contribution in [1.29, 1.82) is 0 Å². The maximum absolute atomic E-state index is 11.2. The quantitative estimate of drug-likeness (QED) is 0.571. The number of carbonyl (C=O) groups is 1. The van der Waals surface area contributed by atoms with Gasteiger partial charge in [-0.1, -0.05) is 17.9 Å². The lowest BCUT2D eigenvalue weighted by Gasteiger charge is -2.22. The van der Waals surface area contributed by atoms with Crippen LogP contribution in [-0.4, -0.2) is 36.8 Å². The number of carbonyl (C=O) groups excluding carboxylic acids is 1. The highest BCUT2D eigenvalue weighted by Crippen LogP contribution is 2.30. The summed E-state index contributed by atoms with van der Waals surface area (Å²) < 4.78 is 10.4. The number of ether oxygens (including phenoxy) is 2. The van der Waals surface area contributed by atoms with Crippen LogP contribution >= 0.6 is 11.3 Å². The first-order chi connectivity index (χ1) is 9.76. The molecule has 1 rings (SSSR count). The van der Waals surface area contributed by atoms with E-state index in [1.54, 1.807) is 6.20 Å². The van der Waals surface area contributed by atoms with Gasteiger partial charge in [0.2, 0.25) is 0 Å². The second-order valence-corrected chi connectivity index (χ2v) is 6.56. The van der Waals surface area contributed by atoms with Gasteiger partial charge in [0, 0.05) is 13.1 Å². The zero-order valence-corrected chi connectivity index (χ0v) is 14.2. The van der Waals surface area contributed by atoms with Crippen LogP contribution in [0.1, 0.15) is 39.0 Å². The summed E-state index contributed by atoms with van der Waals surface area (Å²) in [6, 6.07) is 0. The van der Waals surface area contributed by atoms with Crippen molar-refractivity contribution in [2.45, 2.75) is 39.7 Å². The van der Waals surface area contributed by atoms with E-state index in [-0.39, 0.29) is 11.6 Å². The summed E-state index contributed by atoms with van der Waals surface area (Å²) in [5.41, 5.74) is -0.281. The molecule has 0 spiro atoms. The Bertz CT molecular complexity index is 491. The molecule has 1 aromatic heterocycles. The van der Waals surface area contributed by atoms with Crippen molar-refractivity contribution in [3.63, 3.8) is 0 Å². The third-order valence-electron chi connectivity index (χ3n) is 2.66. The van der Waals surface area contributed by atoms with Gasteiger partial charge in [-0.2, -0.15) is 0 Å². The maximum Gasteiger partial charge on any atom is 0.307 e. The Hall–Kier alpha value is -1.56. The maximum atomic E-state index is 11.2. The van der Waals surface area contributed by atoms with Crippen molar-refractivity contribution in [3.05, 3.63) is 17.7 Å². The van der Waals surface area contributed by atoms with Crippen molar-refractivity contribution in [3.8, 4) is 0 Å². The molecule has 0 N–H and O–H groups in total. The molecule has 0 aromatic carbocycles. The van der Waals surface area contributed by atoms with E-state index in [1.165, 1.54) is 18.4 Å². The molecular formula is C15H24N2O3S. The highest BCUT2D eigenvalue weighted by Gasteiger charge is 2.17. The number of hydrogen-bond donors (Lipinski definition) is 0. The minimum Gasteiger partial charge on any atom is -0.487 e. The Morgan fingerprint density at radius 1 is 1.48 bits per heavy atom. The van der Waals surface area contributed by atoms with Gasteiger partial charge in [0.05, 0.1) is 24.6 Å². The Balaban J connectivity index is 2.71. The van der Waals surface area contributed by atoms with Gasteiger partial charge < -0.3 is 14.4 Å². The molecule has 5 nitrogen and oxygen atoms in total. The molecule has 0 fully saturated rings. The molecule has 118 valence electrons. The van der Waals surface area contributed by atoms with E-state index in [1.807, 2.05) is 32.6 Å². The highest BCUT2D eigenvalue weighted by atomic mass is 32.1. The van der Waals surface area contributed by atoms with E-state index in [4.69, 9.17) is 4.74 Å². The number of methoxy groups -OCH3 is 1. The number of rotatable bonds is 7. The van der Waals surface area contributed by atoms with E-state index in [9.17, 15) is 4.79 Å². The van der Waals surface area contributed by atoms with E-state index in [0.717, 1.165) is 16.6 Å². The van der Waals surface area contributed by atoms with Gasteiger partial charge >= 0.3 is 5.97 Å². The number of hydrogen-bond acceptors (Lipinski definition) is 6. The van der Waals surface area contributed by atoms with Gasteiger partial charge in [0.15, 0.2) is 5.13 Å². The Labute approximate surface area is 130 Å². The van der Waals surface area contributed by atoms with Gasteiger partial charge in [-0.05, 0) is 27.7 Å². The summed E-state index contributed by atoms with van der Waals surface area (Å²) in [5.74, 6) is 0.404. The summed E-state index contributed by atoms with van der Waals surface area (Å²) in [4.78, 5) is 18.6. The zero-order chi connectivity index (χ0) is 16.0. The monoisotopic (exact) mass is 312 g/mol. The van der Waals surface area contributed by atoms with Gasteiger partial charge in [-0.25, -0.2) is 4.98 Å². The highest BCUT2D eigenvalue weighted by molar-refractivity contribution is 7.16. The number of thiazole rings is 1. The summed E-state index contributed by atoms with van der Waals surface area (Å²) in [5, 5.41) is 0.857. The first-order valence-corrected chi connectivity index (χ1v) is 7.74. The van der Waals surface area contributed by atoms with E-state index < -0.39 is 0 Å². The van der Waals surface area contributed by atoms with Crippen molar-refractivity contribution in [2.24, 2.45) is 0 Å². The Morgan fingerprint density at radius 3 is 2.67 bits per heavy atom. The van der Waals surface area contributed by atoms with Gasteiger partial charge in [0.1, 0.15) is 11.4 Å². The van der Waals surface area contributed by atoms with Crippen LogP contribution in [0.4, 0.5) is 5.13 Å². The molecule has 0 aliphatic carbocycles. The molecule has 0 radical (unpaired) electrons.